The fourth-order valence-corrected chi connectivity index (χ4v) is 3.98. The number of carbonyl (C=O) groups excluding carboxylic acids is 1. The molecule has 1 amide bonds. The molecule has 7 heteroatoms. The molecule has 2 aliphatic heterocycles. The molecule has 0 bridgehead atoms. The summed E-state index contributed by atoms with van der Waals surface area (Å²) < 4.78 is 15.3. The van der Waals surface area contributed by atoms with Gasteiger partial charge in [-0.1, -0.05) is 0 Å². The van der Waals surface area contributed by atoms with Gasteiger partial charge in [-0.25, -0.2) is 0 Å². The Hall–Kier alpha value is -2.12. The molecule has 0 spiro atoms. The zero-order valence-corrected chi connectivity index (χ0v) is 15.9. The lowest BCUT2D eigenvalue weighted by molar-refractivity contribution is 0.0156. The van der Waals surface area contributed by atoms with Crippen molar-refractivity contribution in [1.82, 2.24) is 19.2 Å². The lowest BCUT2D eigenvalue weighted by Gasteiger charge is -2.34. The summed E-state index contributed by atoms with van der Waals surface area (Å²) in [6, 6.07) is 5.94. The number of amides is 1. The normalized spacial score (nSPS) is 20.6. The van der Waals surface area contributed by atoms with E-state index in [-0.39, 0.29) is 11.9 Å². The molecule has 27 heavy (non-hydrogen) atoms. The van der Waals surface area contributed by atoms with E-state index in [0.29, 0.717) is 25.6 Å². The second kappa shape index (κ2) is 8.27. The van der Waals surface area contributed by atoms with Gasteiger partial charge < -0.3 is 18.9 Å². The number of nitrogens with zero attached hydrogens (tertiary/aromatic N) is 4. The number of aryl methyl sites for hydroxylation is 1. The van der Waals surface area contributed by atoms with Gasteiger partial charge in [0.15, 0.2) is 0 Å². The predicted molar refractivity (Wildman–Crippen MR) is 100 cm³/mol. The third-order valence-corrected chi connectivity index (χ3v) is 5.62. The van der Waals surface area contributed by atoms with E-state index in [0.717, 1.165) is 50.5 Å². The van der Waals surface area contributed by atoms with Crippen LogP contribution in [0.2, 0.25) is 0 Å². The van der Waals surface area contributed by atoms with E-state index >= 15 is 0 Å². The third-order valence-electron chi connectivity index (χ3n) is 5.62. The van der Waals surface area contributed by atoms with Gasteiger partial charge in [0.25, 0.3) is 5.91 Å². The fourth-order valence-electron chi connectivity index (χ4n) is 3.98. The van der Waals surface area contributed by atoms with E-state index in [9.17, 15) is 4.79 Å². The Kier molecular flexibility index (Phi) is 5.59. The Labute approximate surface area is 159 Å². The highest BCUT2D eigenvalue weighted by Crippen LogP contribution is 2.25. The maximum Gasteiger partial charge on any atom is 0.270 e. The Morgan fingerprint density at radius 1 is 1.33 bits per heavy atom. The van der Waals surface area contributed by atoms with Crippen molar-refractivity contribution < 1.29 is 14.3 Å². The van der Waals surface area contributed by atoms with E-state index in [2.05, 4.69) is 9.78 Å². The summed E-state index contributed by atoms with van der Waals surface area (Å²) >= 11 is 0. The number of fused-ring (bicyclic) bond motifs is 1. The summed E-state index contributed by atoms with van der Waals surface area (Å²) in [5, 5.41) is 4.48. The Bertz CT molecular complexity index is 763. The highest BCUT2D eigenvalue weighted by atomic mass is 16.5. The molecular weight excluding hydrogens is 344 g/mol. The van der Waals surface area contributed by atoms with Crippen molar-refractivity contribution in [3.8, 4) is 0 Å². The van der Waals surface area contributed by atoms with Crippen LogP contribution in [0.1, 0.15) is 41.5 Å². The lowest BCUT2D eigenvalue weighted by Crippen LogP contribution is -2.42. The van der Waals surface area contributed by atoms with Crippen LogP contribution < -0.4 is 0 Å². The van der Waals surface area contributed by atoms with Crippen LogP contribution in [0.5, 0.6) is 0 Å². The molecular formula is C20H28N4O3. The summed E-state index contributed by atoms with van der Waals surface area (Å²) in [7, 11) is 1.91. The van der Waals surface area contributed by atoms with E-state index in [1.54, 1.807) is 0 Å². The molecule has 0 saturated carbocycles. The number of rotatable bonds is 6. The van der Waals surface area contributed by atoms with Gasteiger partial charge in [0, 0.05) is 52.4 Å². The molecule has 4 heterocycles. The van der Waals surface area contributed by atoms with Crippen LogP contribution in [0.25, 0.3) is 0 Å². The molecule has 0 unspecified atom stereocenters. The topological polar surface area (TPSA) is 61.5 Å². The Morgan fingerprint density at radius 2 is 2.19 bits per heavy atom. The first-order valence-corrected chi connectivity index (χ1v) is 9.81. The summed E-state index contributed by atoms with van der Waals surface area (Å²) in [6.07, 6.45) is 6.76. The molecule has 0 aliphatic carbocycles. The molecule has 0 radical (unpaired) electrons. The molecule has 0 aromatic carbocycles. The van der Waals surface area contributed by atoms with Crippen molar-refractivity contribution in [1.29, 1.82) is 0 Å². The van der Waals surface area contributed by atoms with Crippen molar-refractivity contribution in [3.05, 3.63) is 42.0 Å². The van der Waals surface area contributed by atoms with Gasteiger partial charge in [-0.05, 0) is 43.4 Å². The molecule has 2 aromatic rings. The van der Waals surface area contributed by atoms with Crippen LogP contribution in [0.3, 0.4) is 0 Å². The Balaban J connectivity index is 1.35. The number of hydrogen-bond acceptors (Lipinski definition) is 4. The molecule has 7 nitrogen and oxygen atoms in total. The zero-order valence-electron chi connectivity index (χ0n) is 15.9. The monoisotopic (exact) mass is 372 g/mol. The predicted octanol–water partition coefficient (Wildman–Crippen LogP) is 2.25. The number of carbonyl (C=O) groups is 1. The van der Waals surface area contributed by atoms with Crippen LogP contribution in [0.15, 0.2) is 30.6 Å². The van der Waals surface area contributed by atoms with Crippen molar-refractivity contribution in [2.24, 2.45) is 13.0 Å². The standard InChI is InChI=1S/C20H28N4O3/c1-22-9-2-3-19(22)20(25)23-13-17-4-8-21-24(17)18(14-23)7-12-27-15-16-5-10-26-11-6-16/h2-4,8-9,16,18H,5-7,10-15H2,1H3/t18-/m0/s1. The minimum absolute atomic E-state index is 0.0723. The summed E-state index contributed by atoms with van der Waals surface area (Å²) in [4.78, 5) is 14.9. The van der Waals surface area contributed by atoms with Crippen molar-refractivity contribution in [3.63, 3.8) is 0 Å². The highest BCUT2D eigenvalue weighted by molar-refractivity contribution is 5.92. The van der Waals surface area contributed by atoms with Crippen molar-refractivity contribution in [2.75, 3.05) is 33.0 Å². The molecule has 2 aliphatic rings. The first-order chi connectivity index (χ1) is 13.2. The first kappa shape index (κ1) is 18.3. The van der Waals surface area contributed by atoms with Gasteiger partial charge >= 0.3 is 0 Å². The van der Waals surface area contributed by atoms with Gasteiger partial charge in [-0.15, -0.1) is 0 Å². The average Bonchev–Trinajstić information content (AvgIpc) is 3.34. The fraction of sp³-hybridized carbons (Fsp3) is 0.600. The molecule has 4 rings (SSSR count). The van der Waals surface area contributed by atoms with Crippen LogP contribution in [0, 0.1) is 5.92 Å². The second-order valence-corrected chi connectivity index (χ2v) is 7.53. The maximum atomic E-state index is 12.9. The van der Waals surface area contributed by atoms with E-state index < -0.39 is 0 Å². The smallest absolute Gasteiger partial charge is 0.270 e. The van der Waals surface area contributed by atoms with Crippen molar-refractivity contribution >= 4 is 5.91 Å². The molecule has 1 atom stereocenters. The van der Waals surface area contributed by atoms with Gasteiger partial charge in [-0.2, -0.15) is 5.10 Å². The van der Waals surface area contributed by atoms with Crippen LogP contribution in [-0.2, 0) is 23.1 Å². The van der Waals surface area contributed by atoms with Crippen LogP contribution >= 0.6 is 0 Å². The molecule has 1 fully saturated rings. The molecule has 0 N–H and O–H groups in total. The van der Waals surface area contributed by atoms with E-state index in [4.69, 9.17) is 9.47 Å². The van der Waals surface area contributed by atoms with Crippen LogP contribution in [0.4, 0.5) is 0 Å². The molecule has 2 aromatic heterocycles. The minimum Gasteiger partial charge on any atom is -0.381 e. The Morgan fingerprint density at radius 3 is 2.96 bits per heavy atom. The lowest BCUT2D eigenvalue weighted by atomic mass is 10.0. The van der Waals surface area contributed by atoms with Gasteiger partial charge in [0.1, 0.15) is 5.69 Å². The average molecular weight is 372 g/mol. The highest BCUT2D eigenvalue weighted by Gasteiger charge is 2.29. The summed E-state index contributed by atoms with van der Waals surface area (Å²) in [6.45, 7) is 4.46. The molecule has 1 saturated heterocycles. The third kappa shape index (κ3) is 4.09. The minimum atomic E-state index is 0.0723. The second-order valence-electron chi connectivity index (χ2n) is 7.53. The summed E-state index contributed by atoms with van der Waals surface area (Å²) in [5.74, 6) is 0.684. The van der Waals surface area contributed by atoms with E-state index in [1.807, 2.05) is 47.1 Å². The van der Waals surface area contributed by atoms with E-state index in [1.165, 1.54) is 0 Å². The largest absolute Gasteiger partial charge is 0.381 e. The zero-order chi connectivity index (χ0) is 18.6. The number of hydrogen-bond donors (Lipinski definition) is 0. The van der Waals surface area contributed by atoms with Crippen LogP contribution in [-0.4, -0.2) is 58.1 Å². The number of aromatic nitrogens is 3. The van der Waals surface area contributed by atoms with Crippen molar-refractivity contribution in [2.45, 2.75) is 31.8 Å². The van der Waals surface area contributed by atoms with Gasteiger partial charge in [0.05, 0.1) is 18.3 Å². The first-order valence-electron chi connectivity index (χ1n) is 9.81. The summed E-state index contributed by atoms with van der Waals surface area (Å²) in [5.41, 5.74) is 1.80. The quantitative estimate of drug-likeness (QED) is 0.730. The van der Waals surface area contributed by atoms with Gasteiger partial charge in [-0.3, -0.25) is 9.48 Å². The maximum absolute atomic E-state index is 12.9. The molecule has 146 valence electrons. The van der Waals surface area contributed by atoms with Gasteiger partial charge in [0.2, 0.25) is 0 Å². The number of ether oxygens (including phenoxy) is 2. The SMILES string of the molecule is Cn1cccc1C(=O)N1Cc2ccnn2[C@@H](CCOCC2CCOCC2)C1.